The van der Waals surface area contributed by atoms with Crippen LogP contribution in [0.4, 0.5) is 14.9 Å². The Bertz CT molecular complexity index is 1070. The van der Waals surface area contributed by atoms with E-state index >= 15 is 0 Å². The molecule has 1 N–H and O–H groups in total. The fourth-order valence-electron chi connectivity index (χ4n) is 4.00. The van der Waals surface area contributed by atoms with Crippen molar-refractivity contribution in [1.29, 1.82) is 0 Å². The number of carbonyl (C=O) groups is 3. The molecule has 2 fully saturated rings. The molecule has 2 atom stereocenters. The van der Waals surface area contributed by atoms with Crippen LogP contribution in [-0.2, 0) is 4.79 Å². The Labute approximate surface area is 188 Å². The van der Waals surface area contributed by atoms with Gasteiger partial charge >= 0.3 is 6.03 Å². The lowest BCUT2D eigenvalue weighted by atomic mass is 9.97. The zero-order valence-electron chi connectivity index (χ0n) is 17.4. The summed E-state index contributed by atoms with van der Waals surface area (Å²) in [6.07, 6.45) is 0.744. The first-order chi connectivity index (χ1) is 15.3. The summed E-state index contributed by atoms with van der Waals surface area (Å²) in [6.45, 7) is 0.308. The highest BCUT2D eigenvalue weighted by Crippen LogP contribution is 2.35. The summed E-state index contributed by atoms with van der Waals surface area (Å²) >= 11 is 5.76. The van der Waals surface area contributed by atoms with Crippen LogP contribution in [0.1, 0.15) is 23.2 Å². The molecule has 10 heteroatoms. The number of methoxy groups -OCH3 is 2. The molecule has 2 saturated heterocycles. The molecule has 4 rings (SSSR count). The Morgan fingerprint density at radius 2 is 1.81 bits per heavy atom. The van der Waals surface area contributed by atoms with Crippen LogP contribution in [-0.4, -0.2) is 55.6 Å². The van der Waals surface area contributed by atoms with Gasteiger partial charge in [0.15, 0.2) is 0 Å². The Morgan fingerprint density at radius 3 is 2.44 bits per heavy atom. The summed E-state index contributed by atoms with van der Waals surface area (Å²) in [4.78, 5) is 41.3. The van der Waals surface area contributed by atoms with E-state index in [4.69, 9.17) is 21.1 Å². The lowest BCUT2D eigenvalue weighted by molar-refractivity contribution is -0.120. The third kappa shape index (κ3) is 3.95. The average molecular weight is 462 g/mol. The highest BCUT2D eigenvalue weighted by molar-refractivity contribution is 6.31. The molecule has 2 aromatic rings. The molecule has 32 heavy (non-hydrogen) atoms. The van der Waals surface area contributed by atoms with Gasteiger partial charge in [-0.1, -0.05) is 11.6 Å². The number of halogens is 2. The summed E-state index contributed by atoms with van der Waals surface area (Å²) in [6, 6.07) is 7.10. The molecule has 2 aliphatic rings. The lowest BCUT2D eigenvalue weighted by Gasteiger charge is -2.32. The molecule has 0 unspecified atom stereocenters. The van der Waals surface area contributed by atoms with Gasteiger partial charge in [-0.05, 0) is 31.0 Å². The van der Waals surface area contributed by atoms with Crippen LogP contribution in [0.3, 0.4) is 0 Å². The standard InChI is InChI=1S/C22H21ClFN3O5/c1-31-15-9-14(10-16(11-15)32-2)27-21(29)19-8-13(5-6-26(19)22(27)30)25-20(28)12-3-4-18(24)17(23)7-12/h3-4,7,9-11,13,19H,5-6,8H2,1-2H3,(H,25,28)/t13-,19-/m0/s1. The van der Waals surface area contributed by atoms with Crippen molar-refractivity contribution in [3.63, 3.8) is 0 Å². The van der Waals surface area contributed by atoms with Gasteiger partial charge in [-0.3, -0.25) is 9.59 Å². The summed E-state index contributed by atoms with van der Waals surface area (Å²) < 4.78 is 23.8. The Balaban J connectivity index is 1.51. The van der Waals surface area contributed by atoms with Gasteiger partial charge < -0.3 is 19.7 Å². The first-order valence-electron chi connectivity index (χ1n) is 9.96. The number of benzene rings is 2. The minimum absolute atomic E-state index is 0.145. The molecule has 0 aliphatic carbocycles. The van der Waals surface area contributed by atoms with Crippen LogP contribution in [0.5, 0.6) is 11.5 Å². The van der Waals surface area contributed by atoms with Crippen molar-refractivity contribution in [1.82, 2.24) is 10.2 Å². The van der Waals surface area contributed by atoms with E-state index < -0.39 is 23.8 Å². The second kappa shape index (κ2) is 8.66. The monoisotopic (exact) mass is 461 g/mol. The summed E-state index contributed by atoms with van der Waals surface area (Å²) in [7, 11) is 2.97. The third-order valence-electron chi connectivity index (χ3n) is 5.66. The number of nitrogens with zero attached hydrogens (tertiary/aromatic N) is 2. The topological polar surface area (TPSA) is 88.2 Å². The predicted molar refractivity (Wildman–Crippen MR) is 115 cm³/mol. The number of carbonyl (C=O) groups excluding carboxylic acids is 3. The van der Waals surface area contributed by atoms with Gasteiger partial charge in [-0.2, -0.15) is 0 Å². The van der Waals surface area contributed by atoms with Crippen molar-refractivity contribution in [2.45, 2.75) is 24.9 Å². The maximum absolute atomic E-state index is 13.4. The number of anilines is 1. The van der Waals surface area contributed by atoms with Crippen molar-refractivity contribution in [2.75, 3.05) is 25.7 Å². The molecule has 8 nitrogen and oxygen atoms in total. The van der Waals surface area contributed by atoms with E-state index in [9.17, 15) is 18.8 Å². The van der Waals surface area contributed by atoms with Gasteiger partial charge in [0.05, 0.1) is 24.9 Å². The third-order valence-corrected chi connectivity index (χ3v) is 5.95. The van der Waals surface area contributed by atoms with Gasteiger partial charge in [0.25, 0.3) is 11.8 Å². The normalized spacial score (nSPS) is 20.2. The van der Waals surface area contributed by atoms with Gasteiger partial charge in [-0.25, -0.2) is 14.1 Å². The molecule has 2 aromatic carbocycles. The minimum Gasteiger partial charge on any atom is -0.497 e. The van der Waals surface area contributed by atoms with E-state index in [1.807, 2.05) is 0 Å². The van der Waals surface area contributed by atoms with Crippen molar-refractivity contribution in [3.05, 3.63) is 52.8 Å². The van der Waals surface area contributed by atoms with Crippen LogP contribution in [0.15, 0.2) is 36.4 Å². The van der Waals surface area contributed by atoms with Crippen LogP contribution < -0.4 is 19.7 Å². The van der Waals surface area contributed by atoms with E-state index in [1.54, 1.807) is 18.2 Å². The molecular formula is C22H21ClFN3O5. The minimum atomic E-state index is -0.699. The Morgan fingerprint density at radius 1 is 1.12 bits per heavy atom. The largest absolute Gasteiger partial charge is 0.497 e. The fourth-order valence-corrected chi connectivity index (χ4v) is 4.18. The Kier molecular flexibility index (Phi) is 5.92. The van der Waals surface area contributed by atoms with Crippen LogP contribution in [0, 0.1) is 5.82 Å². The average Bonchev–Trinajstić information content (AvgIpc) is 3.04. The predicted octanol–water partition coefficient (Wildman–Crippen LogP) is 3.23. The zero-order chi connectivity index (χ0) is 23.0. The molecule has 0 bridgehead atoms. The molecule has 168 valence electrons. The zero-order valence-corrected chi connectivity index (χ0v) is 18.2. The van der Waals surface area contributed by atoms with Crippen LogP contribution in [0.25, 0.3) is 0 Å². The molecule has 0 aromatic heterocycles. The smallest absolute Gasteiger partial charge is 0.332 e. The number of urea groups is 1. The van der Waals surface area contributed by atoms with Crippen LogP contribution in [0.2, 0.25) is 5.02 Å². The van der Waals surface area contributed by atoms with Crippen molar-refractivity contribution in [2.24, 2.45) is 0 Å². The van der Waals surface area contributed by atoms with Gasteiger partial charge in [0.1, 0.15) is 23.4 Å². The van der Waals surface area contributed by atoms with Gasteiger partial charge in [0.2, 0.25) is 0 Å². The molecule has 2 aliphatic heterocycles. The maximum Gasteiger partial charge on any atom is 0.332 e. The van der Waals surface area contributed by atoms with E-state index in [0.29, 0.717) is 30.2 Å². The highest BCUT2D eigenvalue weighted by atomic mass is 35.5. The first kappa shape index (κ1) is 21.9. The number of fused-ring (bicyclic) bond motifs is 1. The Hall–Kier alpha value is -3.33. The number of amides is 4. The van der Waals surface area contributed by atoms with E-state index in [1.165, 1.54) is 31.3 Å². The number of hydrogen-bond donors (Lipinski definition) is 1. The molecule has 2 heterocycles. The van der Waals surface area contributed by atoms with Crippen molar-refractivity contribution >= 4 is 35.1 Å². The number of ether oxygens (including phenoxy) is 2. The summed E-state index contributed by atoms with van der Waals surface area (Å²) in [5.74, 6) is -0.507. The molecular weight excluding hydrogens is 441 g/mol. The number of piperidine rings is 1. The van der Waals surface area contributed by atoms with E-state index in [2.05, 4.69) is 5.32 Å². The molecule has 0 spiro atoms. The highest BCUT2D eigenvalue weighted by Gasteiger charge is 2.49. The molecule has 0 saturated carbocycles. The summed E-state index contributed by atoms with van der Waals surface area (Å²) in [5.41, 5.74) is 0.574. The van der Waals surface area contributed by atoms with Gasteiger partial charge in [0, 0.05) is 36.3 Å². The summed E-state index contributed by atoms with van der Waals surface area (Å²) in [5, 5.41) is 2.71. The number of rotatable bonds is 5. The quantitative estimate of drug-likeness (QED) is 0.691. The number of nitrogens with one attached hydrogen (secondary N) is 1. The number of hydrogen-bond acceptors (Lipinski definition) is 5. The second-order valence-electron chi connectivity index (χ2n) is 7.56. The van der Waals surface area contributed by atoms with Crippen molar-refractivity contribution in [3.8, 4) is 11.5 Å². The first-order valence-corrected chi connectivity index (χ1v) is 10.3. The van der Waals surface area contributed by atoms with E-state index in [0.717, 1.165) is 11.0 Å². The lowest BCUT2D eigenvalue weighted by Crippen LogP contribution is -2.49. The van der Waals surface area contributed by atoms with Gasteiger partial charge in [-0.15, -0.1) is 0 Å². The van der Waals surface area contributed by atoms with Crippen LogP contribution >= 0.6 is 11.6 Å². The fraction of sp³-hybridized carbons (Fsp3) is 0.318. The maximum atomic E-state index is 13.4. The van der Waals surface area contributed by atoms with Crippen molar-refractivity contribution < 1.29 is 28.2 Å². The molecule has 4 amide bonds. The molecule has 0 radical (unpaired) electrons. The number of imide groups is 1. The second-order valence-corrected chi connectivity index (χ2v) is 7.97. The van der Waals surface area contributed by atoms with E-state index in [-0.39, 0.29) is 29.0 Å². The SMILES string of the molecule is COc1cc(OC)cc(N2C(=O)[C@@H]3C[C@@H](NC(=O)c4ccc(F)c(Cl)c4)CCN3C2=O)c1.